The van der Waals surface area contributed by atoms with Crippen LogP contribution in [0.25, 0.3) is 5.65 Å². The molecule has 0 spiro atoms. The minimum absolute atomic E-state index is 0.00769. The molecule has 168 valence electrons. The Bertz CT molecular complexity index is 1170. The van der Waals surface area contributed by atoms with Gasteiger partial charge in [-0.1, -0.05) is 17.3 Å². The summed E-state index contributed by atoms with van der Waals surface area (Å²) in [6.07, 6.45) is 0. The first-order valence-corrected chi connectivity index (χ1v) is 8.92. The van der Waals surface area contributed by atoms with Crippen molar-refractivity contribution >= 4 is 29.5 Å². The summed E-state index contributed by atoms with van der Waals surface area (Å²) >= 11 is 0. The van der Waals surface area contributed by atoms with Crippen molar-refractivity contribution in [3.63, 3.8) is 0 Å². The zero-order valence-corrected chi connectivity index (χ0v) is 17.3. The highest BCUT2D eigenvalue weighted by Gasteiger charge is 2.22. The number of methoxy groups -OCH3 is 2. The Morgan fingerprint density at radius 3 is 2.12 bits per heavy atom. The van der Waals surface area contributed by atoms with Gasteiger partial charge in [-0.25, -0.2) is 19.4 Å². The third-order valence-corrected chi connectivity index (χ3v) is 4.08. The van der Waals surface area contributed by atoms with E-state index in [1.165, 1.54) is 7.11 Å². The van der Waals surface area contributed by atoms with Crippen molar-refractivity contribution in [2.24, 2.45) is 11.5 Å². The number of amides is 1. The minimum Gasteiger partial charge on any atom is -0.477 e. The van der Waals surface area contributed by atoms with Gasteiger partial charge in [0.1, 0.15) is 0 Å². The van der Waals surface area contributed by atoms with Crippen molar-refractivity contribution < 1.29 is 33.8 Å². The number of carboxylic acids is 1. The van der Waals surface area contributed by atoms with Crippen LogP contribution in [0.1, 0.15) is 60.4 Å². The Labute approximate surface area is 180 Å². The average molecular weight is 444 g/mol. The van der Waals surface area contributed by atoms with Crippen molar-refractivity contribution in [2.75, 3.05) is 14.2 Å². The standard InChI is InChI=1S/C10H13NO2.C9H7N5O5/c1-7(11)8-3-5-9(6-4-8)10(12)13-2;1-19-9(18)4-2-3(8(16)17)11-7-5(6(10)15)12-13-14(4)7/h3-7H,11H2,1-2H3;2H,1H3,(H2,10,15)(H,16,17)/t7-;/m1./s1. The molecule has 1 amide bonds. The fourth-order valence-corrected chi connectivity index (χ4v) is 2.44. The predicted molar refractivity (Wildman–Crippen MR) is 108 cm³/mol. The number of benzene rings is 1. The number of aromatic carboxylic acids is 1. The largest absolute Gasteiger partial charge is 0.477 e. The molecule has 0 aliphatic carbocycles. The number of nitrogens with zero attached hydrogens (tertiary/aromatic N) is 4. The van der Waals surface area contributed by atoms with E-state index in [1.807, 2.05) is 19.1 Å². The van der Waals surface area contributed by atoms with Crippen LogP contribution in [0.5, 0.6) is 0 Å². The smallest absolute Gasteiger partial charge is 0.356 e. The lowest BCUT2D eigenvalue weighted by atomic mass is 10.1. The van der Waals surface area contributed by atoms with Gasteiger partial charge in [0.05, 0.1) is 19.8 Å². The molecule has 13 nitrogen and oxygen atoms in total. The summed E-state index contributed by atoms with van der Waals surface area (Å²) in [4.78, 5) is 48.3. The van der Waals surface area contributed by atoms with E-state index < -0.39 is 23.5 Å². The summed E-state index contributed by atoms with van der Waals surface area (Å²) in [7, 11) is 2.47. The van der Waals surface area contributed by atoms with Crippen LogP contribution in [-0.2, 0) is 9.47 Å². The zero-order valence-electron chi connectivity index (χ0n) is 17.3. The van der Waals surface area contributed by atoms with Gasteiger partial charge in [0.25, 0.3) is 5.91 Å². The summed E-state index contributed by atoms with van der Waals surface area (Å²) in [5, 5.41) is 15.9. The Kier molecular flexibility index (Phi) is 7.52. The topological polar surface area (TPSA) is 202 Å². The molecule has 0 fully saturated rings. The van der Waals surface area contributed by atoms with Crippen LogP contribution in [0.4, 0.5) is 0 Å². The molecule has 1 atom stereocenters. The van der Waals surface area contributed by atoms with Gasteiger partial charge in [0.2, 0.25) is 0 Å². The number of esters is 2. The molecule has 32 heavy (non-hydrogen) atoms. The first-order chi connectivity index (χ1) is 15.1. The van der Waals surface area contributed by atoms with Crippen LogP contribution < -0.4 is 11.5 Å². The molecule has 3 rings (SSSR count). The molecule has 2 heterocycles. The second kappa shape index (κ2) is 10.1. The van der Waals surface area contributed by atoms with Gasteiger partial charge in [0, 0.05) is 12.1 Å². The van der Waals surface area contributed by atoms with E-state index >= 15 is 0 Å². The molecule has 0 unspecified atom stereocenters. The highest BCUT2D eigenvalue weighted by atomic mass is 16.5. The molecule has 0 saturated carbocycles. The van der Waals surface area contributed by atoms with Crippen LogP contribution in [0, 0.1) is 0 Å². The van der Waals surface area contributed by atoms with E-state index in [4.69, 9.17) is 16.6 Å². The van der Waals surface area contributed by atoms with Crippen LogP contribution >= 0.6 is 0 Å². The third kappa shape index (κ3) is 5.20. The number of carbonyl (C=O) groups excluding carboxylic acids is 3. The molecule has 0 radical (unpaired) electrons. The zero-order chi connectivity index (χ0) is 24.0. The van der Waals surface area contributed by atoms with E-state index in [9.17, 15) is 19.2 Å². The van der Waals surface area contributed by atoms with Gasteiger partial charge < -0.3 is 26.0 Å². The van der Waals surface area contributed by atoms with Gasteiger partial charge in [-0.05, 0) is 24.6 Å². The molecule has 3 aromatic rings. The van der Waals surface area contributed by atoms with Crippen molar-refractivity contribution in [1.82, 2.24) is 19.8 Å². The highest BCUT2D eigenvalue weighted by molar-refractivity contribution is 5.99. The molecule has 13 heteroatoms. The second-order valence-electron chi connectivity index (χ2n) is 6.26. The first-order valence-electron chi connectivity index (χ1n) is 8.92. The number of ether oxygens (including phenoxy) is 2. The molecular weight excluding hydrogens is 424 g/mol. The Morgan fingerprint density at radius 2 is 1.66 bits per heavy atom. The number of nitrogens with two attached hydrogens (primary N) is 2. The summed E-state index contributed by atoms with van der Waals surface area (Å²) in [6, 6.07) is 8.04. The van der Waals surface area contributed by atoms with Gasteiger partial charge in [-0.2, -0.15) is 4.52 Å². The number of aromatic nitrogens is 4. The third-order valence-electron chi connectivity index (χ3n) is 4.08. The quantitative estimate of drug-likeness (QED) is 0.454. The lowest BCUT2D eigenvalue weighted by Gasteiger charge is -2.05. The second-order valence-corrected chi connectivity index (χ2v) is 6.26. The van der Waals surface area contributed by atoms with Crippen LogP contribution in [-0.4, -0.2) is 63.0 Å². The molecule has 0 aliphatic rings. The van der Waals surface area contributed by atoms with Crippen LogP contribution in [0.15, 0.2) is 30.3 Å². The van der Waals surface area contributed by atoms with Crippen molar-refractivity contribution in [2.45, 2.75) is 13.0 Å². The maximum Gasteiger partial charge on any atom is 0.356 e. The molecule has 0 saturated heterocycles. The lowest BCUT2D eigenvalue weighted by Crippen LogP contribution is -2.16. The van der Waals surface area contributed by atoms with Gasteiger partial charge in [-0.3, -0.25) is 4.79 Å². The molecule has 5 N–H and O–H groups in total. The monoisotopic (exact) mass is 444 g/mol. The van der Waals surface area contributed by atoms with E-state index in [1.54, 1.807) is 12.1 Å². The van der Waals surface area contributed by atoms with Gasteiger partial charge in [-0.15, -0.1) is 5.10 Å². The fourth-order valence-electron chi connectivity index (χ4n) is 2.44. The minimum atomic E-state index is -1.38. The molecular formula is C19H20N6O7. The SMILES string of the molecule is COC(=O)c1cc(C(=O)O)nc2c(C(N)=O)nnn12.COC(=O)c1ccc([C@@H](C)N)cc1. The molecule has 2 aromatic heterocycles. The van der Waals surface area contributed by atoms with Crippen LogP contribution in [0.3, 0.4) is 0 Å². The number of carboxylic acid groups (broad SMARTS) is 1. The number of fused-ring (bicyclic) bond motifs is 1. The highest BCUT2D eigenvalue weighted by Crippen LogP contribution is 2.12. The van der Waals surface area contributed by atoms with Crippen molar-refractivity contribution in [3.05, 3.63) is 58.5 Å². The number of primary amides is 1. The molecule has 0 aliphatic heterocycles. The average Bonchev–Trinajstić information content (AvgIpc) is 3.22. The van der Waals surface area contributed by atoms with E-state index in [-0.39, 0.29) is 29.0 Å². The molecule has 0 bridgehead atoms. The Balaban J connectivity index is 0.000000244. The van der Waals surface area contributed by atoms with Crippen molar-refractivity contribution in [1.29, 1.82) is 0 Å². The van der Waals surface area contributed by atoms with E-state index in [0.29, 0.717) is 5.56 Å². The molecule has 1 aromatic carbocycles. The van der Waals surface area contributed by atoms with Crippen molar-refractivity contribution in [3.8, 4) is 0 Å². The first kappa shape index (κ1) is 23.9. The number of rotatable bonds is 5. The van der Waals surface area contributed by atoms with Gasteiger partial charge >= 0.3 is 17.9 Å². The maximum absolute atomic E-state index is 11.5. The van der Waals surface area contributed by atoms with Crippen LogP contribution in [0.2, 0.25) is 0 Å². The summed E-state index contributed by atoms with van der Waals surface area (Å²) < 4.78 is 9.94. The normalized spacial score (nSPS) is 11.1. The Morgan fingerprint density at radius 1 is 1.06 bits per heavy atom. The lowest BCUT2D eigenvalue weighted by molar-refractivity contribution is 0.0584. The van der Waals surface area contributed by atoms with E-state index in [2.05, 4.69) is 24.8 Å². The summed E-state index contributed by atoms with van der Waals surface area (Å²) in [5.74, 6) is -3.50. The predicted octanol–water partition coefficient (Wildman–Crippen LogP) is 0.201. The fraction of sp³-hybridized carbons (Fsp3) is 0.211. The number of hydrogen-bond donors (Lipinski definition) is 3. The number of hydrogen-bond acceptors (Lipinski definition) is 10. The van der Waals surface area contributed by atoms with E-state index in [0.717, 1.165) is 23.3 Å². The summed E-state index contributed by atoms with van der Waals surface area (Å²) in [6.45, 7) is 1.90. The Hall–Kier alpha value is -4.39. The number of carbonyl (C=O) groups is 4. The maximum atomic E-state index is 11.5. The van der Waals surface area contributed by atoms with Gasteiger partial charge in [0.15, 0.2) is 22.7 Å². The summed E-state index contributed by atoms with van der Waals surface area (Å²) in [5.41, 5.74) is 11.0.